The first-order valence-corrected chi connectivity index (χ1v) is 10.5. The van der Waals surface area contributed by atoms with E-state index in [4.69, 9.17) is 10.8 Å². The highest BCUT2D eigenvalue weighted by atomic mass is 16.4. The van der Waals surface area contributed by atoms with E-state index in [1.165, 1.54) is 23.6 Å². The maximum atomic E-state index is 13.3. The SMILES string of the molecule is C[C@@H](O)[C@H](NC(=O)[C@@H]1CCCN1C(=O)[C@H]1CCCN1C(=O)[C@@H](NC(=O)O)[C@@H](C)O)C(N)=O. The van der Waals surface area contributed by atoms with Gasteiger partial charge in [0, 0.05) is 13.1 Å². The summed E-state index contributed by atoms with van der Waals surface area (Å²) in [5, 5.41) is 32.8. The number of amides is 5. The van der Waals surface area contributed by atoms with Crippen molar-refractivity contribution < 1.29 is 39.3 Å². The van der Waals surface area contributed by atoms with Crippen LogP contribution in [-0.2, 0) is 19.2 Å². The van der Waals surface area contributed by atoms with E-state index in [0.717, 1.165) is 0 Å². The van der Waals surface area contributed by atoms with Gasteiger partial charge in [0.1, 0.15) is 24.2 Å². The molecule has 0 bridgehead atoms. The third kappa shape index (κ3) is 5.65. The zero-order valence-electron chi connectivity index (χ0n) is 18.1. The second-order valence-corrected chi connectivity index (χ2v) is 8.18. The number of aliphatic hydroxyl groups excluding tert-OH is 2. The first kappa shape index (κ1) is 25.3. The number of primary amides is 1. The number of carboxylic acid groups (broad SMARTS) is 1. The Morgan fingerprint density at radius 1 is 0.875 bits per heavy atom. The largest absolute Gasteiger partial charge is 0.465 e. The zero-order valence-corrected chi connectivity index (χ0v) is 18.1. The van der Waals surface area contributed by atoms with Crippen molar-refractivity contribution in [2.45, 2.75) is 75.9 Å². The van der Waals surface area contributed by atoms with Gasteiger partial charge in [-0.05, 0) is 39.5 Å². The molecule has 2 rings (SSSR count). The van der Waals surface area contributed by atoms with Gasteiger partial charge >= 0.3 is 6.09 Å². The maximum absolute atomic E-state index is 13.3. The predicted molar refractivity (Wildman–Crippen MR) is 109 cm³/mol. The molecular weight excluding hydrogens is 426 g/mol. The lowest BCUT2D eigenvalue weighted by Gasteiger charge is -2.33. The molecule has 0 spiro atoms. The molecule has 2 heterocycles. The van der Waals surface area contributed by atoms with E-state index in [1.807, 2.05) is 5.32 Å². The lowest BCUT2D eigenvalue weighted by atomic mass is 10.1. The van der Waals surface area contributed by atoms with E-state index in [9.17, 15) is 34.2 Å². The summed E-state index contributed by atoms with van der Waals surface area (Å²) in [4.78, 5) is 63.9. The van der Waals surface area contributed by atoms with Crippen molar-refractivity contribution >= 4 is 29.7 Å². The van der Waals surface area contributed by atoms with E-state index in [-0.39, 0.29) is 13.1 Å². The highest BCUT2D eigenvalue weighted by molar-refractivity contribution is 5.96. The molecule has 0 unspecified atom stereocenters. The fraction of sp³-hybridized carbons (Fsp3) is 0.737. The van der Waals surface area contributed by atoms with Gasteiger partial charge in [0.05, 0.1) is 12.2 Å². The Morgan fingerprint density at radius 2 is 1.41 bits per heavy atom. The maximum Gasteiger partial charge on any atom is 0.405 e. The molecule has 0 aromatic carbocycles. The number of nitrogens with two attached hydrogens (primary N) is 1. The summed E-state index contributed by atoms with van der Waals surface area (Å²) in [5.41, 5.74) is 5.21. The number of hydrogen-bond donors (Lipinski definition) is 6. The average Bonchev–Trinajstić information content (AvgIpc) is 3.37. The Balaban J connectivity index is 2.15. The van der Waals surface area contributed by atoms with Crippen molar-refractivity contribution in [1.82, 2.24) is 20.4 Å². The van der Waals surface area contributed by atoms with Crippen molar-refractivity contribution in [2.24, 2.45) is 5.73 Å². The second-order valence-electron chi connectivity index (χ2n) is 8.18. The van der Waals surface area contributed by atoms with E-state index < -0.39 is 66.1 Å². The third-order valence-electron chi connectivity index (χ3n) is 5.77. The molecule has 2 aliphatic heterocycles. The molecule has 7 N–H and O–H groups in total. The van der Waals surface area contributed by atoms with E-state index >= 15 is 0 Å². The standard InChI is InChI=1S/C19H31N5O8/c1-9(25)13(15(20)27)21-16(28)11-5-3-7-23(11)17(29)12-6-4-8-24(12)18(30)14(10(2)26)22-19(31)32/h9-14,22,25-26H,3-8H2,1-2H3,(H2,20,27)(H,21,28)(H,31,32)/t9-,10-,11+,12-,13+,14+/m1/s1. The molecule has 13 heteroatoms. The number of nitrogens with one attached hydrogen (secondary N) is 2. The van der Waals surface area contributed by atoms with Crippen LogP contribution in [0.4, 0.5) is 4.79 Å². The van der Waals surface area contributed by atoms with Crippen LogP contribution in [-0.4, -0.2) is 104 Å². The molecular formula is C19H31N5O8. The van der Waals surface area contributed by atoms with Crippen molar-refractivity contribution in [2.75, 3.05) is 13.1 Å². The lowest BCUT2D eigenvalue weighted by Crippen LogP contribution is -2.59. The molecule has 2 saturated heterocycles. The molecule has 6 atom stereocenters. The summed E-state index contributed by atoms with van der Waals surface area (Å²) in [7, 11) is 0. The smallest absolute Gasteiger partial charge is 0.405 e. The molecule has 0 aromatic heterocycles. The minimum Gasteiger partial charge on any atom is -0.465 e. The molecule has 13 nitrogen and oxygen atoms in total. The number of rotatable bonds is 8. The Hall–Kier alpha value is -2.93. The molecule has 0 aliphatic carbocycles. The van der Waals surface area contributed by atoms with Gasteiger partial charge in [-0.3, -0.25) is 19.2 Å². The number of carbonyl (C=O) groups is 5. The molecule has 2 fully saturated rings. The lowest BCUT2D eigenvalue weighted by molar-refractivity contribution is -0.148. The Bertz CT molecular complexity index is 758. The van der Waals surface area contributed by atoms with Gasteiger partial charge in [-0.25, -0.2) is 4.79 Å². The summed E-state index contributed by atoms with van der Waals surface area (Å²) in [6.07, 6.45) is -2.33. The highest BCUT2D eigenvalue weighted by Crippen LogP contribution is 2.26. The van der Waals surface area contributed by atoms with Crippen molar-refractivity contribution in [1.29, 1.82) is 0 Å². The summed E-state index contributed by atoms with van der Waals surface area (Å²) in [6.45, 7) is 3.04. The average molecular weight is 457 g/mol. The number of carbonyl (C=O) groups excluding carboxylic acids is 4. The van der Waals surface area contributed by atoms with E-state index in [2.05, 4.69) is 5.32 Å². The summed E-state index contributed by atoms with van der Waals surface area (Å²) < 4.78 is 0. The Kier molecular flexibility index (Phi) is 8.38. The molecule has 5 amide bonds. The zero-order chi connectivity index (χ0) is 24.2. The Morgan fingerprint density at radius 3 is 1.91 bits per heavy atom. The fourth-order valence-corrected chi connectivity index (χ4v) is 4.16. The first-order chi connectivity index (χ1) is 15.0. The summed E-state index contributed by atoms with van der Waals surface area (Å²) in [5.74, 6) is -2.74. The minimum atomic E-state index is -1.48. The minimum absolute atomic E-state index is 0.205. The third-order valence-corrected chi connectivity index (χ3v) is 5.77. The number of likely N-dealkylation sites (tertiary alicyclic amines) is 2. The van der Waals surface area contributed by atoms with Gasteiger partial charge in [0.2, 0.25) is 23.6 Å². The molecule has 0 saturated carbocycles. The van der Waals surface area contributed by atoms with Gasteiger partial charge in [-0.1, -0.05) is 0 Å². The number of nitrogens with zero attached hydrogens (tertiary/aromatic N) is 2. The highest BCUT2D eigenvalue weighted by Gasteiger charge is 2.44. The fourth-order valence-electron chi connectivity index (χ4n) is 4.16. The Labute approximate surface area is 184 Å². The monoisotopic (exact) mass is 457 g/mol. The van der Waals surface area contributed by atoms with Crippen molar-refractivity contribution in [3.63, 3.8) is 0 Å². The van der Waals surface area contributed by atoms with Gasteiger partial charge in [-0.2, -0.15) is 0 Å². The van der Waals surface area contributed by atoms with Crippen molar-refractivity contribution in [3.05, 3.63) is 0 Å². The topological polar surface area (TPSA) is 203 Å². The van der Waals surface area contributed by atoms with Crippen LogP contribution in [0.15, 0.2) is 0 Å². The van der Waals surface area contributed by atoms with Crippen LogP contribution in [0.3, 0.4) is 0 Å². The van der Waals surface area contributed by atoms with E-state index in [0.29, 0.717) is 25.7 Å². The van der Waals surface area contributed by atoms with Crippen LogP contribution in [0.5, 0.6) is 0 Å². The van der Waals surface area contributed by atoms with Crippen LogP contribution in [0.1, 0.15) is 39.5 Å². The van der Waals surface area contributed by atoms with Crippen LogP contribution in [0, 0.1) is 0 Å². The van der Waals surface area contributed by atoms with E-state index in [1.54, 1.807) is 0 Å². The molecule has 0 radical (unpaired) electrons. The normalized spacial score (nSPS) is 24.4. The molecule has 180 valence electrons. The van der Waals surface area contributed by atoms with Crippen LogP contribution >= 0.6 is 0 Å². The van der Waals surface area contributed by atoms with Crippen LogP contribution < -0.4 is 16.4 Å². The van der Waals surface area contributed by atoms with Crippen molar-refractivity contribution in [3.8, 4) is 0 Å². The van der Waals surface area contributed by atoms with Crippen LogP contribution in [0.25, 0.3) is 0 Å². The molecule has 32 heavy (non-hydrogen) atoms. The quantitative estimate of drug-likeness (QED) is 0.226. The number of aliphatic hydroxyl groups is 2. The first-order valence-electron chi connectivity index (χ1n) is 10.5. The predicted octanol–water partition coefficient (Wildman–Crippen LogP) is -2.66. The van der Waals surface area contributed by atoms with Crippen LogP contribution in [0.2, 0.25) is 0 Å². The van der Waals surface area contributed by atoms with Gasteiger partial charge in [0.15, 0.2) is 0 Å². The van der Waals surface area contributed by atoms with Gasteiger partial charge in [0.25, 0.3) is 0 Å². The summed E-state index contributed by atoms with van der Waals surface area (Å²) >= 11 is 0. The second kappa shape index (κ2) is 10.6. The van der Waals surface area contributed by atoms with Gasteiger partial charge in [-0.15, -0.1) is 0 Å². The van der Waals surface area contributed by atoms with Gasteiger partial charge < -0.3 is 41.5 Å². The molecule has 2 aliphatic rings. The summed E-state index contributed by atoms with van der Waals surface area (Å²) in [6, 6.07) is -4.54. The number of hydrogen-bond acceptors (Lipinski definition) is 7. The molecule has 0 aromatic rings.